The van der Waals surface area contributed by atoms with Crippen LogP contribution in [0.4, 0.5) is 0 Å². The van der Waals surface area contributed by atoms with Crippen molar-refractivity contribution in [1.29, 1.82) is 0 Å². The molecular formula is C21H14O2S2. The summed E-state index contributed by atoms with van der Waals surface area (Å²) in [5.41, 5.74) is 5.00. The Morgan fingerprint density at radius 2 is 1.64 bits per heavy atom. The molecule has 0 N–H and O–H groups in total. The number of benzene rings is 3. The number of rotatable bonds is 2. The van der Waals surface area contributed by atoms with Crippen molar-refractivity contribution in [1.82, 2.24) is 0 Å². The minimum Gasteiger partial charge on any atom is -0.218 e. The average molecular weight is 362 g/mol. The van der Waals surface area contributed by atoms with Gasteiger partial charge in [-0.25, -0.2) is 8.42 Å². The molecule has 0 atom stereocenters. The Hall–Kier alpha value is -2.43. The summed E-state index contributed by atoms with van der Waals surface area (Å²) in [5.74, 6) is 0. The van der Waals surface area contributed by atoms with Crippen molar-refractivity contribution in [3.63, 3.8) is 0 Å². The molecule has 0 unspecified atom stereocenters. The van der Waals surface area contributed by atoms with Crippen LogP contribution in [0.3, 0.4) is 0 Å². The van der Waals surface area contributed by atoms with Crippen LogP contribution in [0.5, 0.6) is 0 Å². The molecule has 0 saturated heterocycles. The third kappa shape index (κ3) is 2.11. The molecule has 0 fully saturated rings. The standard InChI is InChI=1S/C21H14O2S2/c22-25(23,21-9-4-12-24-21)20-8-3-7-16-18(20)11-10-17-15-6-2-1-5-14(15)13-19(16)17/h1-12H,13H2. The van der Waals surface area contributed by atoms with Gasteiger partial charge >= 0.3 is 0 Å². The van der Waals surface area contributed by atoms with Crippen molar-refractivity contribution in [3.8, 4) is 11.1 Å². The topological polar surface area (TPSA) is 34.1 Å². The first-order chi connectivity index (χ1) is 12.2. The van der Waals surface area contributed by atoms with Crippen LogP contribution in [-0.2, 0) is 16.3 Å². The highest BCUT2D eigenvalue weighted by Gasteiger charge is 2.25. The summed E-state index contributed by atoms with van der Waals surface area (Å²) in [5, 5.41) is 3.64. The molecule has 1 aromatic heterocycles. The second-order valence-corrected chi connectivity index (χ2v) is 9.31. The van der Waals surface area contributed by atoms with Gasteiger partial charge in [0.2, 0.25) is 9.84 Å². The molecule has 0 bridgehead atoms. The molecule has 1 heterocycles. The van der Waals surface area contributed by atoms with E-state index in [9.17, 15) is 8.42 Å². The smallest absolute Gasteiger partial charge is 0.216 e. The zero-order valence-electron chi connectivity index (χ0n) is 13.3. The van der Waals surface area contributed by atoms with Gasteiger partial charge in [0.25, 0.3) is 0 Å². The fraction of sp³-hybridized carbons (Fsp3) is 0.0476. The van der Waals surface area contributed by atoms with Crippen LogP contribution in [0, 0.1) is 0 Å². The van der Waals surface area contributed by atoms with E-state index < -0.39 is 9.84 Å². The van der Waals surface area contributed by atoms with Gasteiger partial charge in [-0.3, -0.25) is 0 Å². The van der Waals surface area contributed by atoms with E-state index in [1.807, 2.05) is 18.2 Å². The Morgan fingerprint density at radius 3 is 2.48 bits per heavy atom. The minimum atomic E-state index is -3.49. The van der Waals surface area contributed by atoms with E-state index in [-0.39, 0.29) is 0 Å². The first-order valence-corrected chi connectivity index (χ1v) is 10.4. The van der Waals surface area contributed by atoms with E-state index in [2.05, 4.69) is 30.3 Å². The van der Waals surface area contributed by atoms with Gasteiger partial charge in [0.15, 0.2) is 0 Å². The van der Waals surface area contributed by atoms with Crippen LogP contribution in [-0.4, -0.2) is 8.42 Å². The number of hydrogen-bond donors (Lipinski definition) is 0. The van der Waals surface area contributed by atoms with Crippen LogP contribution < -0.4 is 0 Å². The second-order valence-electron chi connectivity index (χ2n) is 6.21. The quantitative estimate of drug-likeness (QED) is 0.427. The molecule has 25 heavy (non-hydrogen) atoms. The predicted octanol–water partition coefficient (Wildman–Crippen LogP) is 5.31. The maximum atomic E-state index is 13.0. The first-order valence-electron chi connectivity index (χ1n) is 8.08. The van der Waals surface area contributed by atoms with Gasteiger partial charge in [0.1, 0.15) is 4.21 Å². The Bertz CT molecular complexity index is 1220. The van der Waals surface area contributed by atoms with Crippen LogP contribution in [0.2, 0.25) is 0 Å². The van der Waals surface area contributed by atoms with Crippen molar-refractivity contribution in [2.24, 2.45) is 0 Å². The Kier molecular flexibility index (Phi) is 3.14. The molecule has 122 valence electrons. The number of hydrogen-bond acceptors (Lipinski definition) is 3. The van der Waals surface area contributed by atoms with Gasteiger partial charge in [-0.2, -0.15) is 0 Å². The summed E-state index contributed by atoms with van der Waals surface area (Å²) >= 11 is 1.26. The monoisotopic (exact) mass is 362 g/mol. The molecule has 4 aromatic rings. The Morgan fingerprint density at radius 1 is 0.760 bits per heavy atom. The lowest BCUT2D eigenvalue weighted by atomic mass is 9.99. The zero-order valence-corrected chi connectivity index (χ0v) is 14.9. The maximum Gasteiger partial charge on any atom is 0.216 e. The molecule has 0 amide bonds. The predicted molar refractivity (Wildman–Crippen MR) is 102 cm³/mol. The van der Waals surface area contributed by atoms with Gasteiger partial charge in [-0.15, -0.1) is 11.3 Å². The van der Waals surface area contributed by atoms with Crippen LogP contribution in [0.25, 0.3) is 21.9 Å². The Labute approximate surface area is 150 Å². The fourth-order valence-corrected chi connectivity index (χ4v) is 6.31. The SMILES string of the molecule is O=S(=O)(c1cccs1)c1cccc2c3c(ccc12)-c1ccccc1C3. The lowest BCUT2D eigenvalue weighted by Crippen LogP contribution is -2.01. The average Bonchev–Trinajstić information content (AvgIpc) is 3.29. The van der Waals surface area contributed by atoms with Crippen LogP contribution in [0.15, 0.2) is 81.2 Å². The van der Waals surface area contributed by atoms with Crippen molar-refractivity contribution in [3.05, 3.63) is 83.2 Å². The molecule has 0 radical (unpaired) electrons. The highest BCUT2D eigenvalue weighted by Crippen LogP contribution is 2.42. The third-order valence-electron chi connectivity index (χ3n) is 4.86. The number of fused-ring (bicyclic) bond motifs is 5. The summed E-state index contributed by atoms with van der Waals surface area (Å²) in [4.78, 5) is 0.395. The molecular weight excluding hydrogens is 348 g/mol. The second kappa shape index (κ2) is 5.28. The minimum absolute atomic E-state index is 0.392. The van der Waals surface area contributed by atoms with Gasteiger partial charge in [-0.1, -0.05) is 54.6 Å². The zero-order chi connectivity index (χ0) is 17.0. The summed E-state index contributed by atoms with van der Waals surface area (Å²) < 4.78 is 26.5. The summed E-state index contributed by atoms with van der Waals surface area (Å²) in [7, 11) is -3.49. The molecule has 0 spiro atoms. The summed E-state index contributed by atoms with van der Waals surface area (Å²) in [6.45, 7) is 0. The maximum absolute atomic E-state index is 13.0. The van der Waals surface area contributed by atoms with E-state index in [0.29, 0.717) is 9.10 Å². The van der Waals surface area contributed by atoms with E-state index in [1.54, 1.807) is 23.6 Å². The van der Waals surface area contributed by atoms with E-state index in [0.717, 1.165) is 17.2 Å². The van der Waals surface area contributed by atoms with Crippen molar-refractivity contribution >= 4 is 31.9 Å². The normalized spacial score (nSPS) is 13.0. The molecule has 0 aliphatic heterocycles. The van der Waals surface area contributed by atoms with Crippen molar-refractivity contribution in [2.45, 2.75) is 15.5 Å². The molecule has 4 heteroatoms. The molecule has 2 nitrogen and oxygen atoms in total. The van der Waals surface area contributed by atoms with Gasteiger partial charge in [0, 0.05) is 5.39 Å². The lowest BCUT2D eigenvalue weighted by molar-refractivity contribution is 0.599. The van der Waals surface area contributed by atoms with E-state index in [4.69, 9.17) is 0 Å². The van der Waals surface area contributed by atoms with Crippen molar-refractivity contribution in [2.75, 3.05) is 0 Å². The van der Waals surface area contributed by atoms with Crippen LogP contribution >= 0.6 is 11.3 Å². The Balaban J connectivity index is 1.79. The molecule has 5 rings (SSSR count). The summed E-state index contributed by atoms with van der Waals surface area (Å²) in [6.07, 6.45) is 0.853. The largest absolute Gasteiger partial charge is 0.218 e. The number of sulfone groups is 1. The highest BCUT2D eigenvalue weighted by molar-refractivity contribution is 7.93. The van der Waals surface area contributed by atoms with Crippen molar-refractivity contribution < 1.29 is 8.42 Å². The van der Waals surface area contributed by atoms with E-state index >= 15 is 0 Å². The third-order valence-corrected chi connectivity index (χ3v) is 8.07. The first kappa shape index (κ1) is 14.9. The fourth-order valence-electron chi connectivity index (χ4n) is 3.72. The molecule has 1 aliphatic rings. The highest BCUT2D eigenvalue weighted by atomic mass is 32.2. The number of thiophene rings is 1. The summed E-state index contributed by atoms with van der Waals surface area (Å²) in [6, 6.07) is 21.5. The molecule has 1 aliphatic carbocycles. The van der Waals surface area contributed by atoms with Gasteiger partial charge in [-0.05, 0) is 51.6 Å². The van der Waals surface area contributed by atoms with Crippen LogP contribution in [0.1, 0.15) is 11.1 Å². The van der Waals surface area contributed by atoms with Gasteiger partial charge in [0.05, 0.1) is 4.90 Å². The molecule has 3 aromatic carbocycles. The lowest BCUT2D eigenvalue weighted by Gasteiger charge is -2.10. The molecule has 0 saturated carbocycles. The van der Waals surface area contributed by atoms with E-state index in [1.165, 1.54) is 33.6 Å². The van der Waals surface area contributed by atoms with Gasteiger partial charge < -0.3 is 0 Å².